The second-order valence-corrected chi connectivity index (χ2v) is 10.8. The first-order chi connectivity index (χ1) is 13.3. The van der Waals surface area contributed by atoms with Crippen molar-refractivity contribution in [2.45, 2.75) is 85.1 Å². The van der Waals surface area contributed by atoms with Crippen molar-refractivity contribution in [3.63, 3.8) is 0 Å². The van der Waals surface area contributed by atoms with Gasteiger partial charge in [-0.25, -0.2) is 0 Å². The molecule has 3 aliphatic carbocycles. The Hall–Kier alpha value is -1.06. The molecule has 1 saturated heterocycles. The molecule has 0 spiro atoms. The Morgan fingerprint density at radius 2 is 1.82 bits per heavy atom. The molecule has 0 N–H and O–H groups in total. The first-order valence-corrected chi connectivity index (χ1v) is 11.8. The van der Waals surface area contributed by atoms with E-state index in [4.69, 9.17) is 0 Å². The summed E-state index contributed by atoms with van der Waals surface area (Å²) in [4.78, 5) is 30.3. The molecule has 4 aliphatic rings. The molecule has 4 fully saturated rings. The number of hydrogen-bond donors (Lipinski definition) is 0. The standard InChI is InChI=1S/C24H40N2O2/c1-6-26(7-2)22(28)16-15-19-24(4,14-11-20(27)25(19)5)18-10-13-23(3)12-8-9-17(23)21(16)18/h16-19,21H,6-15H2,1-5H3/t16?,17-,18-,19+,21-,23-,24+/m0/s1. The highest BCUT2D eigenvalue weighted by Gasteiger charge is 2.63. The summed E-state index contributed by atoms with van der Waals surface area (Å²) in [6, 6.07) is 0.227. The smallest absolute Gasteiger partial charge is 0.226 e. The van der Waals surface area contributed by atoms with Gasteiger partial charge in [0.1, 0.15) is 0 Å². The van der Waals surface area contributed by atoms with Gasteiger partial charge < -0.3 is 9.80 Å². The molecule has 28 heavy (non-hydrogen) atoms. The quantitative estimate of drug-likeness (QED) is 0.722. The summed E-state index contributed by atoms with van der Waals surface area (Å²) in [5.41, 5.74) is 0.611. The van der Waals surface area contributed by atoms with Gasteiger partial charge in [0.05, 0.1) is 0 Å². The molecule has 2 amide bonds. The van der Waals surface area contributed by atoms with Crippen LogP contribution in [0.1, 0.15) is 79.1 Å². The third kappa shape index (κ3) is 2.76. The fourth-order valence-corrected chi connectivity index (χ4v) is 8.14. The zero-order valence-electron chi connectivity index (χ0n) is 18.7. The highest BCUT2D eigenvalue weighted by Crippen LogP contribution is 2.66. The molecule has 0 aromatic carbocycles. The van der Waals surface area contributed by atoms with Gasteiger partial charge in [0.25, 0.3) is 0 Å². The van der Waals surface area contributed by atoms with E-state index in [1.165, 1.54) is 32.1 Å². The van der Waals surface area contributed by atoms with Crippen LogP contribution in [0.3, 0.4) is 0 Å². The van der Waals surface area contributed by atoms with Gasteiger partial charge in [-0.05, 0) is 81.0 Å². The van der Waals surface area contributed by atoms with Crippen molar-refractivity contribution in [2.24, 2.45) is 34.5 Å². The van der Waals surface area contributed by atoms with E-state index in [1.807, 2.05) is 11.9 Å². The molecular formula is C24H40N2O2. The fraction of sp³-hybridized carbons (Fsp3) is 0.917. The van der Waals surface area contributed by atoms with E-state index in [1.54, 1.807) is 0 Å². The van der Waals surface area contributed by atoms with Gasteiger partial charge in [0.15, 0.2) is 0 Å². The van der Waals surface area contributed by atoms with Crippen LogP contribution in [-0.4, -0.2) is 47.8 Å². The second kappa shape index (κ2) is 7.02. The third-order valence-corrected chi connectivity index (χ3v) is 9.79. The minimum atomic E-state index is 0.0963. The van der Waals surface area contributed by atoms with E-state index in [0.29, 0.717) is 35.5 Å². The van der Waals surface area contributed by atoms with Crippen molar-refractivity contribution in [3.05, 3.63) is 0 Å². The summed E-state index contributed by atoms with van der Waals surface area (Å²) < 4.78 is 0. The van der Waals surface area contributed by atoms with Crippen LogP contribution in [0.5, 0.6) is 0 Å². The Kier molecular flexibility index (Phi) is 5.07. The first kappa shape index (κ1) is 20.2. The molecule has 1 heterocycles. The zero-order valence-corrected chi connectivity index (χ0v) is 18.7. The number of rotatable bonds is 3. The molecule has 4 nitrogen and oxygen atoms in total. The highest BCUT2D eigenvalue weighted by atomic mass is 16.2. The normalized spacial score (nSPS) is 45.2. The third-order valence-electron chi connectivity index (χ3n) is 9.79. The number of nitrogens with zero attached hydrogens (tertiary/aromatic N) is 2. The zero-order chi connectivity index (χ0) is 20.3. The van der Waals surface area contributed by atoms with Crippen molar-refractivity contribution < 1.29 is 9.59 Å². The number of fused-ring (bicyclic) bond motifs is 5. The summed E-state index contributed by atoms with van der Waals surface area (Å²) >= 11 is 0. The Morgan fingerprint density at radius 1 is 1.11 bits per heavy atom. The molecular weight excluding hydrogens is 348 g/mol. The molecule has 0 bridgehead atoms. The molecule has 1 unspecified atom stereocenters. The minimum absolute atomic E-state index is 0.0963. The molecule has 4 heteroatoms. The molecule has 0 aromatic heterocycles. The number of likely N-dealkylation sites (tertiary alicyclic amines) is 1. The average molecular weight is 389 g/mol. The Morgan fingerprint density at radius 3 is 2.50 bits per heavy atom. The summed E-state index contributed by atoms with van der Waals surface area (Å²) in [6.45, 7) is 10.7. The predicted octanol–water partition coefficient (Wildman–Crippen LogP) is 4.33. The first-order valence-electron chi connectivity index (χ1n) is 11.8. The fourth-order valence-electron chi connectivity index (χ4n) is 8.14. The van der Waals surface area contributed by atoms with E-state index >= 15 is 0 Å². The van der Waals surface area contributed by atoms with Crippen LogP contribution in [0, 0.1) is 34.5 Å². The van der Waals surface area contributed by atoms with Gasteiger partial charge in [-0.15, -0.1) is 0 Å². The van der Waals surface area contributed by atoms with Gasteiger partial charge in [0.2, 0.25) is 11.8 Å². The molecule has 158 valence electrons. The van der Waals surface area contributed by atoms with Gasteiger partial charge in [-0.1, -0.05) is 20.3 Å². The van der Waals surface area contributed by atoms with Crippen LogP contribution in [0.2, 0.25) is 0 Å². The lowest BCUT2D eigenvalue weighted by Gasteiger charge is -2.63. The summed E-state index contributed by atoms with van der Waals surface area (Å²) in [5, 5.41) is 0. The van der Waals surface area contributed by atoms with Gasteiger partial charge in [-0.2, -0.15) is 0 Å². The molecule has 0 aromatic rings. The number of piperidine rings is 1. The lowest BCUT2D eigenvalue weighted by Crippen LogP contribution is -2.65. The summed E-state index contributed by atoms with van der Waals surface area (Å²) in [7, 11) is 1.99. The van der Waals surface area contributed by atoms with Crippen LogP contribution in [0.4, 0.5) is 0 Å². The van der Waals surface area contributed by atoms with Gasteiger partial charge in [0, 0.05) is 38.5 Å². The largest absolute Gasteiger partial charge is 0.343 e. The van der Waals surface area contributed by atoms with Crippen molar-refractivity contribution in [1.82, 2.24) is 9.80 Å². The van der Waals surface area contributed by atoms with Crippen LogP contribution in [-0.2, 0) is 9.59 Å². The van der Waals surface area contributed by atoms with Crippen LogP contribution in [0.15, 0.2) is 0 Å². The average Bonchev–Trinajstić information content (AvgIpc) is 3.07. The summed E-state index contributed by atoms with van der Waals surface area (Å²) in [6.07, 6.45) is 9.10. The highest BCUT2D eigenvalue weighted by molar-refractivity contribution is 5.81. The van der Waals surface area contributed by atoms with E-state index < -0.39 is 0 Å². The lowest BCUT2D eigenvalue weighted by molar-refractivity contribution is -0.175. The van der Waals surface area contributed by atoms with E-state index in [-0.39, 0.29) is 23.3 Å². The maximum atomic E-state index is 13.7. The Balaban J connectivity index is 1.76. The van der Waals surface area contributed by atoms with Crippen molar-refractivity contribution >= 4 is 11.8 Å². The number of hydrogen-bond acceptors (Lipinski definition) is 2. The van der Waals surface area contributed by atoms with E-state index in [9.17, 15) is 9.59 Å². The number of amides is 2. The molecule has 0 radical (unpaired) electrons. The molecule has 7 atom stereocenters. The topological polar surface area (TPSA) is 40.6 Å². The number of carbonyl (C=O) groups excluding carboxylic acids is 2. The van der Waals surface area contributed by atoms with Crippen LogP contribution >= 0.6 is 0 Å². The van der Waals surface area contributed by atoms with Crippen LogP contribution in [0.25, 0.3) is 0 Å². The molecule has 1 aliphatic heterocycles. The van der Waals surface area contributed by atoms with E-state index in [2.05, 4.69) is 32.6 Å². The minimum Gasteiger partial charge on any atom is -0.343 e. The van der Waals surface area contributed by atoms with Crippen molar-refractivity contribution in [2.75, 3.05) is 20.1 Å². The summed E-state index contributed by atoms with van der Waals surface area (Å²) in [5.74, 6) is 2.52. The maximum absolute atomic E-state index is 13.7. The van der Waals surface area contributed by atoms with Crippen molar-refractivity contribution in [3.8, 4) is 0 Å². The Bertz CT molecular complexity index is 645. The van der Waals surface area contributed by atoms with E-state index in [0.717, 1.165) is 25.9 Å². The maximum Gasteiger partial charge on any atom is 0.226 e. The molecule has 4 rings (SSSR count). The SMILES string of the molecule is CCN(CC)C(=O)C1C[C@H]2N(C)C(=O)CC[C@]2(C)[C@H]2CC[C@]3(C)CCC[C@H]3[C@H]12. The predicted molar refractivity (Wildman–Crippen MR) is 112 cm³/mol. The Labute approximate surface area is 171 Å². The van der Waals surface area contributed by atoms with Crippen molar-refractivity contribution in [1.29, 1.82) is 0 Å². The van der Waals surface area contributed by atoms with Gasteiger partial charge in [-0.3, -0.25) is 9.59 Å². The molecule has 3 saturated carbocycles. The van der Waals surface area contributed by atoms with Crippen LogP contribution < -0.4 is 0 Å². The second-order valence-electron chi connectivity index (χ2n) is 10.8. The monoisotopic (exact) mass is 388 g/mol. The number of carbonyl (C=O) groups is 2. The van der Waals surface area contributed by atoms with Gasteiger partial charge >= 0.3 is 0 Å². The lowest BCUT2D eigenvalue weighted by atomic mass is 9.45.